The third-order valence-electron chi connectivity index (χ3n) is 6.57. The standard InChI is InChI=1S/C26H30N4O2S/c31-23(27-19-8-2-1-3-9-19)18-29-16-12-20(13-17-29)28-25(32)24-21-10-4-5-11-22(21)33-26(24)30-14-6-7-15-30/h1-3,6-9,14-15,20H,4-5,10-13,16-18H2,(H,27,31)(H,28,32). The van der Waals surface area contributed by atoms with Gasteiger partial charge in [0.05, 0.1) is 12.1 Å². The summed E-state index contributed by atoms with van der Waals surface area (Å²) in [5.74, 6) is 0.0586. The molecule has 0 saturated carbocycles. The lowest BCUT2D eigenvalue weighted by atomic mass is 9.94. The van der Waals surface area contributed by atoms with Crippen molar-refractivity contribution in [1.29, 1.82) is 0 Å². The van der Waals surface area contributed by atoms with Gasteiger partial charge in [0.1, 0.15) is 5.00 Å². The van der Waals surface area contributed by atoms with Crippen LogP contribution in [0, 0.1) is 0 Å². The first kappa shape index (κ1) is 21.9. The highest BCUT2D eigenvalue weighted by molar-refractivity contribution is 7.15. The summed E-state index contributed by atoms with van der Waals surface area (Å²) in [4.78, 5) is 29.3. The fraction of sp³-hybridized carbons (Fsp3) is 0.385. The average Bonchev–Trinajstić information content (AvgIpc) is 3.49. The molecule has 0 unspecified atom stereocenters. The lowest BCUT2D eigenvalue weighted by Gasteiger charge is -2.32. The Bertz CT molecular complexity index is 1100. The molecule has 3 aromatic rings. The van der Waals surface area contributed by atoms with Crippen LogP contribution in [-0.4, -0.2) is 47.0 Å². The van der Waals surface area contributed by atoms with Gasteiger partial charge in [-0.15, -0.1) is 11.3 Å². The number of likely N-dealkylation sites (tertiary alicyclic amines) is 1. The SMILES string of the molecule is O=C(CN1CCC(NC(=O)c2c(-n3cccc3)sc3c2CCCC3)CC1)Nc1ccccc1. The monoisotopic (exact) mass is 462 g/mol. The molecule has 1 saturated heterocycles. The van der Waals surface area contributed by atoms with Crippen molar-refractivity contribution in [3.05, 3.63) is 70.9 Å². The number of amides is 2. The summed E-state index contributed by atoms with van der Waals surface area (Å²) in [6.45, 7) is 1.99. The number of carbonyl (C=O) groups is 2. The summed E-state index contributed by atoms with van der Waals surface area (Å²) in [6.07, 6.45) is 10.2. The molecular weight excluding hydrogens is 432 g/mol. The minimum absolute atomic E-state index is 0.00458. The van der Waals surface area contributed by atoms with Gasteiger partial charge in [-0.2, -0.15) is 0 Å². The van der Waals surface area contributed by atoms with Crippen molar-refractivity contribution in [2.45, 2.75) is 44.6 Å². The summed E-state index contributed by atoms with van der Waals surface area (Å²) >= 11 is 1.77. The summed E-state index contributed by atoms with van der Waals surface area (Å²) in [5.41, 5.74) is 2.94. The second kappa shape index (κ2) is 9.93. The van der Waals surface area contributed by atoms with Crippen molar-refractivity contribution in [1.82, 2.24) is 14.8 Å². The maximum absolute atomic E-state index is 13.4. The van der Waals surface area contributed by atoms with Gasteiger partial charge in [0, 0.05) is 42.1 Å². The molecule has 2 aromatic heterocycles. The lowest BCUT2D eigenvalue weighted by Crippen LogP contribution is -2.46. The highest BCUT2D eigenvalue weighted by atomic mass is 32.1. The van der Waals surface area contributed by atoms with Crippen LogP contribution in [0.15, 0.2) is 54.9 Å². The van der Waals surface area contributed by atoms with E-state index in [9.17, 15) is 9.59 Å². The summed E-state index contributed by atoms with van der Waals surface area (Å²) in [7, 11) is 0. The van der Waals surface area contributed by atoms with Gasteiger partial charge in [-0.3, -0.25) is 14.5 Å². The zero-order valence-corrected chi connectivity index (χ0v) is 19.6. The number of hydrogen-bond donors (Lipinski definition) is 2. The van der Waals surface area contributed by atoms with Crippen LogP contribution < -0.4 is 10.6 Å². The Morgan fingerprint density at radius 3 is 2.45 bits per heavy atom. The number of thiophene rings is 1. The first-order valence-corrected chi connectivity index (χ1v) is 12.6. The molecule has 0 atom stereocenters. The Balaban J connectivity index is 1.19. The van der Waals surface area contributed by atoms with E-state index in [2.05, 4.69) is 20.1 Å². The summed E-state index contributed by atoms with van der Waals surface area (Å²) < 4.78 is 2.08. The molecular formula is C26H30N4O2S. The zero-order valence-electron chi connectivity index (χ0n) is 18.8. The van der Waals surface area contributed by atoms with Gasteiger partial charge in [-0.25, -0.2) is 0 Å². The van der Waals surface area contributed by atoms with Crippen molar-refractivity contribution in [3.63, 3.8) is 0 Å². The molecule has 2 N–H and O–H groups in total. The molecule has 6 nitrogen and oxygen atoms in total. The molecule has 1 aliphatic carbocycles. The van der Waals surface area contributed by atoms with Crippen molar-refractivity contribution in [3.8, 4) is 5.00 Å². The van der Waals surface area contributed by atoms with E-state index in [4.69, 9.17) is 0 Å². The van der Waals surface area contributed by atoms with Gasteiger partial charge in [-0.1, -0.05) is 18.2 Å². The lowest BCUT2D eigenvalue weighted by molar-refractivity contribution is -0.117. The number of piperidine rings is 1. The van der Waals surface area contributed by atoms with E-state index in [1.54, 1.807) is 11.3 Å². The molecule has 1 aromatic carbocycles. The smallest absolute Gasteiger partial charge is 0.254 e. The maximum atomic E-state index is 13.4. The number of aromatic nitrogens is 1. The van der Waals surface area contributed by atoms with Gasteiger partial charge in [0.25, 0.3) is 5.91 Å². The van der Waals surface area contributed by atoms with E-state index in [0.717, 1.165) is 61.4 Å². The number of fused-ring (bicyclic) bond motifs is 1. The third-order valence-corrected chi connectivity index (χ3v) is 7.87. The van der Waals surface area contributed by atoms with Gasteiger partial charge >= 0.3 is 0 Å². The average molecular weight is 463 g/mol. The van der Waals surface area contributed by atoms with E-state index < -0.39 is 0 Å². The zero-order chi connectivity index (χ0) is 22.6. The Hall–Kier alpha value is -2.90. The predicted octanol–water partition coefficient (Wildman–Crippen LogP) is 4.25. The minimum atomic E-state index is 0.00458. The van der Waals surface area contributed by atoms with Crippen molar-refractivity contribution in [2.75, 3.05) is 25.0 Å². The van der Waals surface area contributed by atoms with Gasteiger partial charge in [0.15, 0.2) is 0 Å². The number of nitrogens with zero attached hydrogens (tertiary/aromatic N) is 2. The van der Waals surface area contributed by atoms with Crippen LogP contribution in [0.5, 0.6) is 0 Å². The molecule has 7 heteroatoms. The molecule has 1 aliphatic heterocycles. The quantitative estimate of drug-likeness (QED) is 0.576. The molecule has 2 amide bonds. The highest BCUT2D eigenvalue weighted by Gasteiger charge is 2.29. The van der Waals surface area contributed by atoms with E-state index in [-0.39, 0.29) is 17.9 Å². The normalized spacial score (nSPS) is 16.8. The molecule has 33 heavy (non-hydrogen) atoms. The van der Waals surface area contributed by atoms with E-state index >= 15 is 0 Å². The maximum Gasteiger partial charge on any atom is 0.254 e. The van der Waals surface area contributed by atoms with E-state index in [0.29, 0.717) is 6.54 Å². The second-order valence-corrected chi connectivity index (χ2v) is 10.0. The van der Waals surface area contributed by atoms with Crippen LogP contribution in [0.25, 0.3) is 5.00 Å². The van der Waals surface area contributed by atoms with Crippen LogP contribution in [0.2, 0.25) is 0 Å². The first-order chi connectivity index (χ1) is 16.2. The second-order valence-electron chi connectivity index (χ2n) is 8.92. The van der Waals surface area contributed by atoms with E-state index in [1.807, 2.05) is 54.9 Å². The number of para-hydroxylation sites is 1. The van der Waals surface area contributed by atoms with Crippen LogP contribution in [0.1, 0.15) is 46.5 Å². The Kier molecular flexibility index (Phi) is 6.60. The van der Waals surface area contributed by atoms with Crippen molar-refractivity contribution in [2.24, 2.45) is 0 Å². The Labute approximate surface area is 198 Å². The minimum Gasteiger partial charge on any atom is -0.349 e. The number of benzene rings is 1. The first-order valence-electron chi connectivity index (χ1n) is 11.8. The van der Waals surface area contributed by atoms with Crippen LogP contribution >= 0.6 is 11.3 Å². The molecule has 1 fully saturated rings. The van der Waals surface area contributed by atoms with Crippen LogP contribution in [-0.2, 0) is 17.6 Å². The van der Waals surface area contributed by atoms with Gasteiger partial charge in [0.2, 0.25) is 5.91 Å². The Morgan fingerprint density at radius 2 is 1.70 bits per heavy atom. The molecule has 0 spiro atoms. The number of aryl methyl sites for hydroxylation is 1. The molecule has 3 heterocycles. The number of hydrogen-bond acceptors (Lipinski definition) is 4. The summed E-state index contributed by atoms with van der Waals surface area (Å²) in [6, 6.07) is 13.7. The molecule has 0 radical (unpaired) electrons. The topological polar surface area (TPSA) is 66.4 Å². The molecule has 172 valence electrons. The number of rotatable bonds is 6. The fourth-order valence-corrected chi connectivity index (χ4v) is 6.21. The van der Waals surface area contributed by atoms with Gasteiger partial charge in [-0.05, 0) is 68.4 Å². The van der Waals surface area contributed by atoms with Crippen molar-refractivity contribution < 1.29 is 9.59 Å². The third kappa shape index (κ3) is 5.04. The fourth-order valence-electron chi connectivity index (χ4n) is 4.86. The number of carbonyl (C=O) groups excluding carboxylic acids is 2. The Morgan fingerprint density at radius 1 is 0.970 bits per heavy atom. The highest BCUT2D eigenvalue weighted by Crippen LogP contribution is 2.37. The van der Waals surface area contributed by atoms with E-state index in [1.165, 1.54) is 16.9 Å². The van der Waals surface area contributed by atoms with Crippen LogP contribution in [0.3, 0.4) is 0 Å². The number of nitrogens with one attached hydrogen (secondary N) is 2. The van der Waals surface area contributed by atoms with Gasteiger partial charge < -0.3 is 15.2 Å². The largest absolute Gasteiger partial charge is 0.349 e. The molecule has 2 aliphatic rings. The molecule has 5 rings (SSSR count). The molecule has 0 bridgehead atoms. The van der Waals surface area contributed by atoms with Crippen LogP contribution in [0.4, 0.5) is 5.69 Å². The summed E-state index contributed by atoms with van der Waals surface area (Å²) in [5, 5.41) is 7.30. The predicted molar refractivity (Wildman–Crippen MR) is 132 cm³/mol. The number of anilines is 1. The van der Waals surface area contributed by atoms with Crippen molar-refractivity contribution >= 4 is 28.8 Å².